The molecule has 0 fully saturated rings. The average Bonchev–Trinajstić information content (AvgIpc) is 3.23. The Kier molecular flexibility index (Phi) is 8.39. The van der Waals surface area contributed by atoms with E-state index in [1.165, 1.54) is 43.4 Å². The van der Waals surface area contributed by atoms with Gasteiger partial charge in [0.05, 0.1) is 17.9 Å². The standard InChI is InChI=1S/C24H29N3O2S/c1-3-4-5-6-7-8-14-29-23-12-11-20(15-21(23)18(2)28)26-24-27-22(17-30-24)19-10-9-13-25-16-19/h9-13,15-17H,3-8,14H2,1-2H3,(H,26,27). The van der Waals surface area contributed by atoms with Gasteiger partial charge in [-0.1, -0.05) is 39.0 Å². The van der Waals surface area contributed by atoms with E-state index in [1.54, 1.807) is 19.3 Å². The molecule has 2 aromatic heterocycles. The lowest BCUT2D eigenvalue weighted by Gasteiger charge is -2.12. The SMILES string of the molecule is CCCCCCCCOc1ccc(Nc2nc(-c3cccnc3)cs2)cc1C(C)=O. The number of benzene rings is 1. The second-order valence-corrected chi connectivity index (χ2v) is 8.15. The summed E-state index contributed by atoms with van der Waals surface area (Å²) >= 11 is 1.52. The van der Waals surface area contributed by atoms with Gasteiger partial charge in [-0.15, -0.1) is 11.3 Å². The number of ketones is 1. The van der Waals surface area contributed by atoms with Crippen LogP contribution in [-0.4, -0.2) is 22.4 Å². The number of thiazole rings is 1. The molecule has 0 unspecified atom stereocenters. The summed E-state index contributed by atoms with van der Waals surface area (Å²) in [6.45, 7) is 4.43. The fraction of sp³-hybridized carbons (Fsp3) is 0.375. The summed E-state index contributed by atoms with van der Waals surface area (Å²) in [6.07, 6.45) is 10.8. The van der Waals surface area contributed by atoms with Gasteiger partial charge in [0.1, 0.15) is 5.75 Å². The molecular formula is C24H29N3O2S. The minimum Gasteiger partial charge on any atom is -0.493 e. The second kappa shape index (κ2) is 11.5. The maximum absolute atomic E-state index is 12.1. The smallest absolute Gasteiger partial charge is 0.187 e. The van der Waals surface area contributed by atoms with E-state index in [0.29, 0.717) is 17.9 Å². The molecule has 1 N–H and O–H groups in total. The minimum atomic E-state index is -0.00761. The van der Waals surface area contributed by atoms with Crippen molar-refractivity contribution < 1.29 is 9.53 Å². The normalized spacial score (nSPS) is 10.7. The molecule has 0 saturated heterocycles. The van der Waals surface area contributed by atoms with Gasteiger partial charge in [-0.05, 0) is 43.7 Å². The van der Waals surface area contributed by atoms with Crippen molar-refractivity contribution in [2.45, 2.75) is 52.4 Å². The Morgan fingerprint density at radius 3 is 2.73 bits per heavy atom. The van der Waals surface area contributed by atoms with Crippen LogP contribution in [0, 0.1) is 0 Å². The van der Waals surface area contributed by atoms with Crippen molar-refractivity contribution in [3.05, 3.63) is 53.7 Å². The van der Waals surface area contributed by atoms with Crippen LogP contribution in [0.5, 0.6) is 5.75 Å². The molecule has 0 radical (unpaired) electrons. The number of ether oxygens (including phenoxy) is 1. The fourth-order valence-corrected chi connectivity index (χ4v) is 3.91. The lowest BCUT2D eigenvalue weighted by atomic mass is 10.1. The monoisotopic (exact) mass is 423 g/mol. The first-order valence-electron chi connectivity index (χ1n) is 10.6. The minimum absolute atomic E-state index is 0.00761. The maximum Gasteiger partial charge on any atom is 0.187 e. The van der Waals surface area contributed by atoms with Crippen molar-refractivity contribution in [2.24, 2.45) is 0 Å². The van der Waals surface area contributed by atoms with E-state index >= 15 is 0 Å². The van der Waals surface area contributed by atoms with Crippen molar-refractivity contribution >= 4 is 27.9 Å². The largest absolute Gasteiger partial charge is 0.493 e. The number of hydrogen-bond acceptors (Lipinski definition) is 6. The van der Waals surface area contributed by atoms with Gasteiger partial charge >= 0.3 is 0 Å². The number of carbonyl (C=O) groups excluding carboxylic acids is 1. The molecule has 2 heterocycles. The number of rotatable bonds is 12. The molecule has 5 nitrogen and oxygen atoms in total. The first kappa shape index (κ1) is 22.0. The lowest BCUT2D eigenvalue weighted by molar-refractivity contribution is 0.101. The highest BCUT2D eigenvalue weighted by Gasteiger charge is 2.11. The highest BCUT2D eigenvalue weighted by Crippen LogP contribution is 2.29. The number of nitrogens with zero attached hydrogens (tertiary/aromatic N) is 2. The second-order valence-electron chi connectivity index (χ2n) is 7.29. The molecule has 0 saturated carbocycles. The van der Waals surface area contributed by atoms with Crippen molar-refractivity contribution in [3.8, 4) is 17.0 Å². The molecule has 0 atom stereocenters. The predicted octanol–water partition coefficient (Wildman–Crippen LogP) is 6.89. The quantitative estimate of drug-likeness (QED) is 0.254. The predicted molar refractivity (Wildman–Crippen MR) is 124 cm³/mol. The van der Waals surface area contributed by atoms with E-state index in [-0.39, 0.29) is 5.78 Å². The molecular weight excluding hydrogens is 394 g/mol. The summed E-state index contributed by atoms with van der Waals surface area (Å²) in [7, 11) is 0. The Labute approximate surface area is 182 Å². The number of pyridine rings is 1. The molecule has 0 bridgehead atoms. The van der Waals surface area contributed by atoms with Crippen LogP contribution in [0.15, 0.2) is 48.1 Å². The summed E-state index contributed by atoms with van der Waals surface area (Å²) in [4.78, 5) is 20.9. The number of carbonyl (C=O) groups is 1. The maximum atomic E-state index is 12.1. The number of anilines is 2. The molecule has 0 aliphatic heterocycles. The summed E-state index contributed by atoms with van der Waals surface area (Å²) in [5.74, 6) is 0.642. The number of unbranched alkanes of at least 4 members (excludes halogenated alkanes) is 5. The summed E-state index contributed by atoms with van der Waals surface area (Å²) in [5, 5.41) is 6.05. The first-order chi connectivity index (χ1) is 14.7. The fourth-order valence-electron chi connectivity index (χ4n) is 3.17. The molecule has 1 aromatic carbocycles. The number of hydrogen-bond donors (Lipinski definition) is 1. The van der Waals surface area contributed by atoms with Gasteiger partial charge < -0.3 is 10.1 Å². The Morgan fingerprint density at radius 2 is 1.97 bits per heavy atom. The zero-order chi connectivity index (χ0) is 21.2. The molecule has 3 aromatic rings. The zero-order valence-electron chi connectivity index (χ0n) is 17.7. The summed E-state index contributed by atoms with van der Waals surface area (Å²) in [5.41, 5.74) is 3.26. The van der Waals surface area contributed by atoms with Crippen LogP contribution in [0.2, 0.25) is 0 Å². The van der Waals surface area contributed by atoms with Crippen molar-refractivity contribution in [3.63, 3.8) is 0 Å². The first-order valence-corrected chi connectivity index (χ1v) is 11.5. The third-order valence-electron chi connectivity index (χ3n) is 4.83. The van der Waals surface area contributed by atoms with E-state index in [0.717, 1.165) is 28.5 Å². The van der Waals surface area contributed by atoms with Crippen LogP contribution >= 0.6 is 11.3 Å². The third-order valence-corrected chi connectivity index (χ3v) is 5.58. The molecule has 0 amide bonds. The number of aromatic nitrogens is 2. The number of Topliss-reactive ketones (excluding diaryl/α,β-unsaturated/α-hetero) is 1. The highest BCUT2D eigenvalue weighted by molar-refractivity contribution is 7.14. The average molecular weight is 424 g/mol. The van der Waals surface area contributed by atoms with Crippen LogP contribution in [0.4, 0.5) is 10.8 Å². The Bertz CT molecular complexity index is 941. The van der Waals surface area contributed by atoms with E-state index in [2.05, 4.69) is 22.2 Å². The summed E-state index contributed by atoms with van der Waals surface area (Å²) in [6, 6.07) is 9.50. The highest BCUT2D eigenvalue weighted by atomic mass is 32.1. The zero-order valence-corrected chi connectivity index (χ0v) is 18.5. The lowest BCUT2D eigenvalue weighted by Crippen LogP contribution is -2.04. The topological polar surface area (TPSA) is 64.1 Å². The van der Waals surface area contributed by atoms with Gasteiger partial charge in [-0.3, -0.25) is 9.78 Å². The Hall–Kier alpha value is -2.73. The molecule has 158 valence electrons. The van der Waals surface area contributed by atoms with E-state index in [4.69, 9.17) is 4.74 Å². The van der Waals surface area contributed by atoms with E-state index < -0.39 is 0 Å². The molecule has 0 aliphatic rings. The van der Waals surface area contributed by atoms with Crippen LogP contribution in [0.3, 0.4) is 0 Å². The van der Waals surface area contributed by atoms with Gasteiger partial charge in [0.25, 0.3) is 0 Å². The van der Waals surface area contributed by atoms with Crippen LogP contribution < -0.4 is 10.1 Å². The van der Waals surface area contributed by atoms with Gasteiger partial charge in [0, 0.05) is 29.0 Å². The Balaban J connectivity index is 1.60. The van der Waals surface area contributed by atoms with Crippen LogP contribution in [-0.2, 0) is 0 Å². The van der Waals surface area contributed by atoms with Gasteiger partial charge in [0.2, 0.25) is 0 Å². The molecule has 0 spiro atoms. The molecule has 0 aliphatic carbocycles. The van der Waals surface area contributed by atoms with Gasteiger partial charge in [-0.25, -0.2) is 4.98 Å². The van der Waals surface area contributed by atoms with Crippen LogP contribution in [0.1, 0.15) is 62.7 Å². The van der Waals surface area contributed by atoms with Crippen molar-refractivity contribution in [1.82, 2.24) is 9.97 Å². The molecule has 3 rings (SSSR count). The van der Waals surface area contributed by atoms with Crippen LogP contribution in [0.25, 0.3) is 11.3 Å². The van der Waals surface area contributed by atoms with Crippen molar-refractivity contribution in [2.75, 3.05) is 11.9 Å². The molecule has 6 heteroatoms. The van der Waals surface area contributed by atoms with Gasteiger partial charge in [-0.2, -0.15) is 0 Å². The van der Waals surface area contributed by atoms with E-state index in [9.17, 15) is 4.79 Å². The Morgan fingerprint density at radius 1 is 1.13 bits per heavy atom. The molecule has 30 heavy (non-hydrogen) atoms. The van der Waals surface area contributed by atoms with E-state index in [1.807, 2.05) is 35.7 Å². The number of nitrogens with one attached hydrogen (secondary N) is 1. The van der Waals surface area contributed by atoms with Crippen molar-refractivity contribution in [1.29, 1.82) is 0 Å². The third kappa shape index (κ3) is 6.39. The van der Waals surface area contributed by atoms with Gasteiger partial charge in [0.15, 0.2) is 10.9 Å². The summed E-state index contributed by atoms with van der Waals surface area (Å²) < 4.78 is 5.90.